The maximum atomic E-state index is 7.78. The third kappa shape index (κ3) is 10.3. The van der Waals surface area contributed by atoms with Gasteiger partial charge in [-0.3, -0.25) is 0 Å². The van der Waals surface area contributed by atoms with E-state index in [-0.39, 0.29) is 33.4 Å². The first kappa shape index (κ1) is 48.4. The molecule has 6 heteroatoms. The van der Waals surface area contributed by atoms with E-state index in [0.717, 1.165) is 12.8 Å². The summed E-state index contributed by atoms with van der Waals surface area (Å²) in [4.78, 5) is 0. The summed E-state index contributed by atoms with van der Waals surface area (Å²) in [5.74, 6) is 2.38. The molecular weight excluding hydrogens is 793 g/mol. The molecule has 2 aromatic rings. The highest BCUT2D eigenvalue weighted by Gasteiger charge is 2.54. The molecule has 4 aliphatic carbocycles. The normalized spacial score (nSPS) is 28.4. The zero-order valence-electron chi connectivity index (χ0n) is 41.4. The lowest BCUT2D eigenvalue weighted by Gasteiger charge is -2.46. The highest BCUT2D eigenvalue weighted by Crippen LogP contribution is 2.60. The lowest BCUT2D eigenvalue weighted by atomic mass is 9.61. The summed E-state index contributed by atoms with van der Waals surface area (Å²) in [6.07, 6.45) is 21.1. The predicted molar refractivity (Wildman–Crippen MR) is 270 cm³/mol. The van der Waals surface area contributed by atoms with Gasteiger partial charge in [-0.2, -0.15) is 0 Å². The summed E-state index contributed by atoms with van der Waals surface area (Å²) in [5.41, 5.74) is 4.49. The van der Waals surface area contributed by atoms with Crippen molar-refractivity contribution < 1.29 is 13.3 Å². The summed E-state index contributed by atoms with van der Waals surface area (Å²) in [6.45, 7) is 40.8. The molecule has 4 aliphatic rings. The van der Waals surface area contributed by atoms with Gasteiger partial charge in [-0.1, -0.05) is 173 Å². The minimum atomic E-state index is -2.65. The van der Waals surface area contributed by atoms with E-state index in [1.165, 1.54) is 66.5 Å². The Hall–Kier alpha value is -2.07. The van der Waals surface area contributed by atoms with Crippen molar-refractivity contribution in [1.82, 2.24) is 0 Å². The Morgan fingerprint density at radius 1 is 0.721 bits per heavy atom. The lowest BCUT2D eigenvalue weighted by molar-refractivity contribution is 0.0969. The maximum absolute atomic E-state index is 7.78. The van der Waals surface area contributed by atoms with Crippen LogP contribution in [-0.2, 0) is 13.3 Å². The minimum Gasteiger partial charge on any atom is -0.413 e. The van der Waals surface area contributed by atoms with Gasteiger partial charge >= 0.3 is 0 Å². The van der Waals surface area contributed by atoms with Gasteiger partial charge in [-0.15, -0.1) is 0 Å². The molecule has 7 atom stereocenters. The number of rotatable bonds is 13. The second kappa shape index (κ2) is 18.1. The highest BCUT2D eigenvalue weighted by molar-refractivity contribution is 6.99. The molecule has 0 spiro atoms. The smallest absolute Gasteiger partial charge is 0.261 e. The fourth-order valence-electron chi connectivity index (χ4n) is 10.9. The molecule has 0 amide bonds. The maximum Gasteiger partial charge on any atom is 0.261 e. The zero-order valence-corrected chi connectivity index (χ0v) is 44.4. The Morgan fingerprint density at radius 2 is 1.28 bits per heavy atom. The fraction of sp³-hybridized carbons (Fsp3) is 0.636. The molecule has 0 bridgehead atoms. The minimum absolute atomic E-state index is 0.00855. The third-order valence-corrected chi connectivity index (χ3v) is 30.9. The van der Waals surface area contributed by atoms with Crippen LogP contribution in [-0.4, -0.2) is 43.3 Å². The summed E-state index contributed by atoms with van der Waals surface area (Å²) in [6, 6.07) is 22.4. The van der Waals surface area contributed by atoms with Crippen LogP contribution in [0.2, 0.25) is 41.3 Å². The summed E-state index contributed by atoms with van der Waals surface area (Å²) >= 11 is 0. The molecule has 3 nitrogen and oxygen atoms in total. The molecule has 0 saturated heterocycles. The first-order valence-corrected chi connectivity index (χ1v) is 31.9. The molecule has 2 aromatic carbocycles. The van der Waals surface area contributed by atoms with Gasteiger partial charge in [0.1, 0.15) is 0 Å². The largest absolute Gasteiger partial charge is 0.413 e. The van der Waals surface area contributed by atoms with Crippen molar-refractivity contribution in [3.8, 4) is 0 Å². The van der Waals surface area contributed by atoms with E-state index in [1.54, 1.807) is 5.57 Å². The average Bonchev–Trinajstić information content (AvgIpc) is 3.95. The quantitative estimate of drug-likeness (QED) is 0.148. The summed E-state index contributed by atoms with van der Waals surface area (Å²) in [5, 5.41) is 3.01. The van der Waals surface area contributed by atoms with Crippen LogP contribution in [0.25, 0.3) is 0 Å². The Kier molecular flexibility index (Phi) is 14.3. The number of fused-ring (bicyclic) bond motifs is 1. The van der Waals surface area contributed by atoms with Crippen LogP contribution < -0.4 is 10.4 Å². The molecule has 0 N–H and O–H groups in total. The number of hydrogen-bond acceptors (Lipinski definition) is 3. The Labute approximate surface area is 377 Å². The van der Waals surface area contributed by atoms with Crippen molar-refractivity contribution in [3.63, 3.8) is 0 Å². The van der Waals surface area contributed by atoms with Gasteiger partial charge in [-0.05, 0) is 143 Å². The molecule has 0 unspecified atom stereocenters. The van der Waals surface area contributed by atoms with Crippen LogP contribution in [0.15, 0.2) is 108 Å². The van der Waals surface area contributed by atoms with Crippen molar-refractivity contribution >= 4 is 35.3 Å². The van der Waals surface area contributed by atoms with Crippen LogP contribution in [0.5, 0.6) is 0 Å². The Morgan fingerprint density at radius 3 is 1.80 bits per heavy atom. The number of allylic oxidation sites excluding steroid dienone is 4. The van der Waals surface area contributed by atoms with E-state index in [2.05, 4.69) is 187 Å². The van der Waals surface area contributed by atoms with Crippen molar-refractivity contribution in [2.24, 2.45) is 29.1 Å². The van der Waals surface area contributed by atoms with Crippen molar-refractivity contribution in [1.29, 1.82) is 0 Å². The number of hydrogen-bond donors (Lipinski definition) is 0. The van der Waals surface area contributed by atoms with Crippen molar-refractivity contribution in [2.45, 2.75) is 194 Å². The van der Waals surface area contributed by atoms with E-state index in [1.807, 2.05) is 0 Å². The van der Waals surface area contributed by atoms with Gasteiger partial charge in [0, 0.05) is 6.42 Å². The molecule has 0 aliphatic heterocycles. The molecule has 0 radical (unpaired) electrons. The Bertz CT molecular complexity index is 1860. The van der Waals surface area contributed by atoms with Crippen molar-refractivity contribution in [3.05, 3.63) is 108 Å². The van der Waals surface area contributed by atoms with Crippen LogP contribution in [0, 0.1) is 29.1 Å². The second-order valence-corrected chi connectivity index (χ2v) is 38.0. The first-order chi connectivity index (χ1) is 28.3. The van der Waals surface area contributed by atoms with Crippen LogP contribution in [0.4, 0.5) is 0 Å². The third-order valence-electron chi connectivity index (χ3n) is 16.8. The molecule has 336 valence electrons. The van der Waals surface area contributed by atoms with Crippen LogP contribution in [0.1, 0.15) is 134 Å². The van der Waals surface area contributed by atoms with E-state index in [4.69, 9.17) is 19.9 Å². The predicted octanol–water partition coefficient (Wildman–Crippen LogP) is 14.7. The topological polar surface area (TPSA) is 27.7 Å². The van der Waals surface area contributed by atoms with Gasteiger partial charge < -0.3 is 13.3 Å². The monoisotopic (exact) mass is 879 g/mol. The van der Waals surface area contributed by atoms with Gasteiger partial charge in [-0.25, -0.2) is 0 Å². The van der Waals surface area contributed by atoms with E-state index >= 15 is 0 Å². The number of benzene rings is 2. The van der Waals surface area contributed by atoms with E-state index in [0.29, 0.717) is 29.1 Å². The SMILES string of the molecule is C=C1C(=CC=C2CCC[C@]3(C)[C@@H]([C@H](C)C=C[C@@H](O[Si](c4ccccc4)(c4ccccc4)C(C)(C)C)C4CC4)CC[C@@H]23)C[C@@H](O[Si](C)(C)C(C)(C)C)C[C@@H]1O[Si](C)(C)C(C)(C)C. The molecule has 6 rings (SSSR count). The summed E-state index contributed by atoms with van der Waals surface area (Å²) < 4.78 is 22.1. The Balaban J connectivity index is 1.24. The van der Waals surface area contributed by atoms with Crippen LogP contribution in [0.3, 0.4) is 0 Å². The van der Waals surface area contributed by atoms with E-state index in [9.17, 15) is 0 Å². The standard InChI is InChI=1S/C55H86O3Si3/c1-40(29-36-50(43-31-32-43)58-61(54(9,10)11,46-25-19-17-20-26-46)47-27-21-18-22-28-47)48-34-35-49-42(24-23-37-55(48,49)12)30-33-44-38-45(56-59(13,14)52(3,4)5)39-51(41(44)2)57-60(15,16)53(6,7)8/h17-22,25-30,33,36,40,43,45,48-51H,2,23-24,31-32,34-35,37-39H2,1,3-16H3/t40-,45-,48-,49+,50-,51+,55-/m1/s1. The first-order valence-electron chi connectivity index (χ1n) is 24.2. The van der Waals surface area contributed by atoms with Crippen molar-refractivity contribution in [2.75, 3.05) is 0 Å². The molecular formula is C55H86O3Si3. The molecule has 4 saturated carbocycles. The molecule has 61 heavy (non-hydrogen) atoms. The van der Waals surface area contributed by atoms with Gasteiger partial charge in [0.25, 0.3) is 8.32 Å². The lowest BCUT2D eigenvalue weighted by Crippen LogP contribution is -2.67. The van der Waals surface area contributed by atoms with Crippen LogP contribution >= 0.6 is 0 Å². The molecule has 0 heterocycles. The second-order valence-electron chi connectivity index (χ2n) is 24.2. The highest BCUT2D eigenvalue weighted by atomic mass is 28.4. The van der Waals surface area contributed by atoms with E-state index < -0.39 is 25.0 Å². The summed E-state index contributed by atoms with van der Waals surface area (Å²) in [7, 11) is -6.64. The van der Waals surface area contributed by atoms with Gasteiger partial charge in [0.05, 0.1) is 18.3 Å². The van der Waals surface area contributed by atoms with Gasteiger partial charge in [0.2, 0.25) is 0 Å². The molecule has 0 aromatic heterocycles. The fourth-order valence-corrected chi connectivity index (χ4v) is 18.3. The molecule has 4 fully saturated rings. The van der Waals surface area contributed by atoms with Gasteiger partial charge in [0.15, 0.2) is 16.6 Å². The zero-order chi connectivity index (χ0) is 44.8. The average molecular weight is 880 g/mol.